The lowest BCUT2D eigenvalue weighted by molar-refractivity contribution is -0.118. The average molecular weight is 333 g/mol. The minimum Gasteiger partial charge on any atom is -0.348 e. The first kappa shape index (κ1) is 16.8. The van der Waals surface area contributed by atoms with Crippen LogP contribution in [0.25, 0.3) is 0 Å². The summed E-state index contributed by atoms with van der Waals surface area (Å²) in [6.45, 7) is 0. The van der Waals surface area contributed by atoms with Crippen LogP contribution in [-0.4, -0.2) is 29.7 Å². The third-order valence-electron chi connectivity index (χ3n) is 4.17. The number of amides is 1. The third-order valence-corrected chi connectivity index (χ3v) is 4.17. The number of carbonyl (C=O) groups is 2. The Balaban J connectivity index is 1.62. The lowest BCUT2D eigenvalue weighted by Crippen LogP contribution is -2.40. The standard InChI is InChI=1S/C20H19N3O2/c24-14-21-17(12-11-15-7-3-1-4-8-15)20(25)19-13-18(22-23-19)16-9-5-2-6-10-16/h1-10,14,17H,11-13H2,(H,21,24). The second kappa shape index (κ2) is 8.15. The summed E-state index contributed by atoms with van der Waals surface area (Å²) < 4.78 is 0. The van der Waals surface area contributed by atoms with E-state index < -0.39 is 6.04 Å². The van der Waals surface area contributed by atoms with Gasteiger partial charge in [0.1, 0.15) is 5.71 Å². The SMILES string of the molecule is O=CNC(CCc1ccccc1)C(=O)C1=NN=C(c2ccccc2)C1. The van der Waals surface area contributed by atoms with E-state index in [-0.39, 0.29) is 5.78 Å². The zero-order valence-electron chi connectivity index (χ0n) is 13.8. The van der Waals surface area contributed by atoms with Crippen LogP contribution < -0.4 is 5.32 Å². The maximum absolute atomic E-state index is 12.7. The molecule has 3 rings (SSSR count). The molecule has 0 fully saturated rings. The van der Waals surface area contributed by atoms with Crippen molar-refractivity contribution in [2.24, 2.45) is 10.2 Å². The topological polar surface area (TPSA) is 70.9 Å². The van der Waals surface area contributed by atoms with E-state index in [1.807, 2.05) is 60.7 Å². The quantitative estimate of drug-likeness (QED) is 0.754. The summed E-state index contributed by atoms with van der Waals surface area (Å²) in [5, 5.41) is 10.8. The lowest BCUT2D eigenvalue weighted by atomic mass is 9.96. The smallest absolute Gasteiger partial charge is 0.207 e. The van der Waals surface area contributed by atoms with Crippen LogP contribution in [-0.2, 0) is 16.0 Å². The Morgan fingerprint density at radius 1 is 1.04 bits per heavy atom. The maximum atomic E-state index is 12.7. The largest absolute Gasteiger partial charge is 0.348 e. The summed E-state index contributed by atoms with van der Waals surface area (Å²) in [7, 11) is 0. The fourth-order valence-electron chi connectivity index (χ4n) is 2.81. The Morgan fingerprint density at radius 3 is 2.40 bits per heavy atom. The van der Waals surface area contributed by atoms with E-state index in [2.05, 4.69) is 15.5 Å². The molecule has 2 aromatic rings. The fraction of sp³-hybridized carbons (Fsp3) is 0.200. The molecule has 0 spiro atoms. The van der Waals surface area contributed by atoms with Crippen molar-refractivity contribution in [1.29, 1.82) is 0 Å². The molecule has 1 amide bonds. The summed E-state index contributed by atoms with van der Waals surface area (Å²) in [6.07, 6.45) is 2.20. The number of carbonyl (C=O) groups excluding carboxylic acids is 2. The summed E-state index contributed by atoms with van der Waals surface area (Å²) >= 11 is 0. The van der Waals surface area contributed by atoms with Crippen LogP contribution in [0, 0.1) is 0 Å². The molecule has 0 radical (unpaired) electrons. The summed E-state index contributed by atoms with van der Waals surface area (Å²) in [6, 6.07) is 19.0. The number of rotatable bonds is 8. The molecular formula is C20H19N3O2. The van der Waals surface area contributed by atoms with Crippen molar-refractivity contribution >= 4 is 23.6 Å². The first-order chi connectivity index (χ1) is 12.3. The Morgan fingerprint density at radius 2 is 1.72 bits per heavy atom. The molecule has 5 nitrogen and oxygen atoms in total. The highest BCUT2D eigenvalue weighted by Crippen LogP contribution is 2.14. The van der Waals surface area contributed by atoms with Gasteiger partial charge in [-0.3, -0.25) is 9.59 Å². The second-order valence-electron chi connectivity index (χ2n) is 5.86. The molecule has 25 heavy (non-hydrogen) atoms. The van der Waals surface area contributed by atoms with E-state index in [4.69, 9.17) is 0 Å². The Labute approximate surface area is 146 Å². The van der Waals surface area contributed by atoms with Crippen LogP contribution in [0.3, 0.4) is 0 Å². The predicted molar refractivity (Wildman–Crippen MR) is 97.8 cm³/mol. The van der Waals surface area contributed by atoms with Gasteiger partial charge in [-0.25, -0.2) is 0 Å². The molecule has 5 heteroatoms. The van der Waals surface area contributed by atoms with Gasteiger partial charge >= 0.3 is 0 Å². The monoisotopic (exact) mass is 333 g/mol. The van der Waals surface area contributed by atoms with Gasteiger partial charge in [0.25, 0.3) is 0 Å². The second-order valence-corrected chi connectivity index (χ2v) is 5.86. The van der Waals surface area contributed by atoms with Crippen molar-refractivity contribution in [3.05, 3.63) is 71.8 Å². The Kier molecular flexibility index (Phi) is 5.46. The van der Waals surface area contributed by atoms with Crippen LogP contribution in [0.2, 0.25) is 0 Å². The van der Waals surface area contributed by atoms with Crippen LogP contribution in [0.4, 0.5) is 0 Å². The van der Waals surface area contributed by atoms with Gasteiger partial charge in [0, 0.05) is 6.42 Å². The number of Topliss-reactive ketones (excluding diaryl/α,β-unsaturated/α-hetero) is 1. The molecule has 126 valence electrons. The first-order valence-electron chi connectivity index (χ1n) is 8.24. The van der Waals surface area contributed by atoms with Gasteiger partial charge in [0.2, 0.25) is 12.2 Å². The predicted octanol–water partition coefficient (Wildman–Crippen LogP) is 2.55. The van der Waals surface area contributed by atoms with Crippen LogP contribution in [0.15, 0.2) is 70.9 Å². The molecular weight excluding hydrogens is 314 g/mol. The lowest BCUT2D eigenvalue weighted by Gasteiger charge is -2.14. The normalized spacial score (nSPS) is 14.4. The van der Waals surface area contributed by atoms with Crippen molar-refractivity contribution in [1.82, 2.24) is 5.32 Å². The van der Waals surface area contributed by atoms with Gasteiger partial charge in [-0.15, -0.1) is 0 Å². The van der Waals surface area contributed by atoms with Crippen molar-refractivity contribution in [2.45, 2.75) is 25.3 Å². The fourth-order valence-corrected chi connectivity index (χ4v) is 2.81. The molecule has 1 N–H and O–H groups in total. The molecule has 2 aromatic carbocycles. The van der Waals surface area contributed by atoms with E-state index in [9.17, 15) is 9.59 Å². The number of hydrogen-bond acceptors (Lipinski definition) is 4. The number of benzene rings is 2. The van der Waals surface area contributed by atoms with E-state index in [1.165, 1.54) is 0 Å². The van der Waals surface area contributed by atoms with Crippen LogP contribution >= 0.6 is 0 Å². The van der Waals surface area contributed by atoms with Gasteiger partial charge < -0.3 is 5.32 Å². The van der Waals surface area contributed by atoms with Crippen molar-refractivity contribution < 1.29 is 9.59 Å². The van der Waals surface area contributed by atoms with Gasteiger partial charge in [-0.1, -0.05) is 60.7 Å². The van der Waals surface area contributed by atoms with Gasteiger partial charge in [0.05, 0.1) is 11.8 Å². The molecule has 0 saturated carbocycles. The highest BCUT2D eigenvalue weighted by Gasteiger charge is 2.27. The Bertz CT molecular complexity index is 798. The van der Waals surface area contributed by atoms with Crippen molar-refractivity contribution in [3.8, 4) is 0 Å². The molecule has 0 aliphatic carbocycles. The summed E-state index contributed by atoms with van der Waals surface area (Å²) in [4.78, 5) is 23.6. The van der Waals surface area contributed by atoms with Gasteiger partial charge in [-0.2, -0.15) is 10.2 Å². The summed E-state index contributed by atoms with van der Waals surface area (Å²) in [5.74, 6) is -0.169. The molecule has 1 aliphatic rings. The molecule has 0 bridgehead atoms. The molecule has 1 unspecified atom stereocenters. The van der Waals surface area contributed by atoms with Crippen molar-refractivity contribution in [3.63, 3.8) is 0 Å². The zero-order valence-corrected chi connectivity index (χ0v) is 13.8. The van der Waals surface area contributed by atoms with E-state index in [0.29, 0.717) is 31.4 Å². The minimum atomic E-state index is -0.582. The van der Waals surface area contributed by atoms with E-state index >= 15 is 0 Å². The number of ketones is 1. The van der Waals surface area contributed by atoms with E-state index in [0.717, 1.165) is 16.8 Å². The molecule has 1 heterocycles. The number of nitrogens with zero attached hydrogens (tertiary/aromatic N) is 2. The van der Waals surface area contributed by atoms with Gasteiger partial charge in [0.15, 0.2) is 0 Å². The van der Waals surface area contributed by atoms with Crippen LogP contribution in [0.5, 0.6) is 0 Å². The van der Waals surface area contributed by atoms with Crippen molar-refractivity contribution in [2.75, 3.05) is 0 Å². The van der Waals surface area contributed by atoms with Crippen LogP contribution in [0.1, 0.15) is 24.0 Å². The first-order valence-corrected chi connectivity index (χ1v) is 8.24. The summed E-state index contributed by atoms with van der Waals surface area (Å²) in [5.41, 5.74) is 3.25. The third kappa shape index (κ3) is 4.26. The number of hydrogen-bond donors (Lipinski definition) is 1. The highest BCUT2D eigenvalue weighted by molar-refractivity contribution is 6.46. The van der Waals surface area contributed by atoms with E-state index in [1.54, 1.807) is 0 Å². The molecule has 0 aromatic heterocycles. The van der Waals surface area contributed by atoms with Gasteiger partial charge in [-0.05, 0) is 24.0 Å². The molecule has 1 atom stereocenters. The molecule has 1 aliphatic heterocycles. The average Bonchev–Trinajstić information content (AvgIpc) is 3.16. The molecule has 0 saturated heterocycles. The number of nitrogens with one attached hydrogen (secondary N) is 1. The Hall–Kier alpha value is -3.08. The number of aryl methyl sites for hydroxylation is 1. The highest BCUT2D eigenvalue weighted by atomic mass is 16.1. The minimum absolute atomic E-state index is 0.169. The maximum Gasteiger partial charge on any atom is 0.207 e. The zero-order chi connectivity index (χ0) is 17.5.